The molecular weight excluding hydrogens is 294 g/mol. The zero-order chi connectivity index (χ0) is 16.6. The van der Waals surface area contributed by atoms with Crippen molar-refractivity contribution in [3.63, 3.8) is 0 Å². The quantitative estimate of drug-likeness (QED) is 0.903. The van der Waals surface area contributed by atoms with E-state index in [1.807, 2.05) is 11.8 Å². The van der Waals surface area contributed by atoms with Crippen molar-refractivity contribution in [3.05, 3.63) is 23.2 Å². The van der Waals surface area contributed by atoms with Crippen LogP contribution in [0.15, 0.2) is 10.7 Å². The summed E-state index contributed by atoms with van der Waals surface area (Å²) in [5.41, 5.74) is 1.21. The minimum Gasteiger partial charge on any atom is -0.481 e. The summed E-state index contributed by atoms with van der Waals surface area (Å²) >= 11 is 0. The molecule has 2 saturated carbocycles. The third kappa shape index (κ3) is 3.43. The second-order valence-corrected chi connectivity index (χ2v) is 7.14. The van der Waals surface area contributed by atoms with E-state index in [1.165, 1.54) is 6.26 Å². The second kappa shape index (κ2) is 6.38. The van der Waals surface area contributed by atoms with Gasteiger partial charge in [0.05, 0.1) is 11.8 Å². The van der Waals surface area contributed by atoms with E-state index in [0.717, 1.165) is 50.0 Å². The van der Waals surface area contributed by atoms with E-state index in [-0.39, 0.29) is 24.1 Å². The average Bonchev–Trinajstić information content (AvgIpc) is 3.25. The number of carbonyl (C=O) groups is 2. The Kier molecular flexibility index (Phi) is 4.46. The van der Waals surface area contributed by atoms with Crippen LogP contribution in [0.2, 0.25) is 0 Å². The molecule has 0 atom stereocenters. The van der Waals surface area contributed by atoms with Gasteiger partial charge in [0.25, 0.3) is 5.91 Å². The van der Waals surface area contributed by atoms with Gasteiger partial charge >= 0.3 is 5.97 Å². The molecular formula is C18H25NO4. The Hall–Kier alpha value is -1.78. The first kappa shape index (κ1) is 16.1. The number of carboxylic acid groups (broad SMARTS) is 1. The third-order valence-electron chi connectivity index (χ3n) is 5.13. The molecule has 0 aliphatic heterocycles. The molecule has 1 heterocycles. The van der Waals surface area contributed by atoms with E-state index >= 15 is 0 Å². The smallest absolute Gasteiger partial charge is 0.311 e. The number of hydrogen-bond donors (Lipinski definition) is 1. The standard InChI is InChI=1S/C18H25NO4/c1-11-3-5-13(6-4-11)19(14-7-8-14)18(22)17-12(2)10-23-15(17)9-16(20)21/h10-11,13-14H,3-9H2,1-2H3,(H,20,21). The van der Waals surface area contributed by atoms with Crippen molar-refractivity contribution in [2.24, 2.45) is 5.92 Å². The number of amides is 1. The van der Waals surface area contributed by atoms with Crippen molar-refractivity contribution in [1.29, 1.82) is 0 Å². The van der Waals surface area contributed by atoms with E-state index in [1.54, 1.807) is 0 Å². The average molecular weight is 319 g/mol. The van der Waals surface area contributed by atoms with Crippen molar-refractivity contribution in [1.82, 2.24) is 4.90 Å². The molecule has 1 amide bonds. The molecule has 2 aliphatic rings. The number of carboxylic acids is 1. The predicted octanol–water partition coefficient (Wildman–Crippen LogP) is 3.40. The molecule has 0 bridgehead atoms. The first-order valence-electron chi connectivity index (χ1n) is 8.58. The monoisotopic (exact) mass is 319 g/mol. The molecule has 0 radical (unpaired) electrons. The van der Waals surface area contributed by atoms with Crippen LogP contribution in [0, 0.1) is 12.8 Å². The topological polar surface area (TPSA) is 70.7 Å². The summed E-state index contributed by atoms with van der Waals surface area (Å²) in [6.07, 6.45) is 7.80. The first-order valence-corrected chi connectivity index (χ1v) is 8.58. The van der Waals surface area contributed by atoms with E-state index < -0.39 is 5.97 Å². The van der Waals surface area contributed by atoms with Crippen LogP contribution in [0.5, 0.6) is 0 Å². The fraction of sp³-hybridized carbons (Fsp3) is 0.667. The molecule has 126 valence electrons. The van der Waals surface area contributed by atoms with E-state index in [2.05, 4.69) is 6.92 Å². The lowest BCUT2D eigenvalue weighted by molar-refractivity contribution is -0.136. The van der Waals surface area contributed by atoms with Crippen molar-refractivity contribution < 1.29 is 19.1 Å². The van der Waals surface area contributed by atoms with Crippen LogP contribution >= 0.6 is 0 Å². The van der Waals surface area contributed by atoms with Gasteiger partial charge in [-0.1, -0.05) is 6.92 Å². The maximum Gasteiger partial charge on any atom is 0.311 e. The number of furan rings is 1. The number of aryl methyl sites for hydroxylation is 1. The van der Waals surface area contributed by atoms with Gasteiger partial charge in [-0.25, -0.2) is 0 Å². The van der Waals surface area contributed by atoms with E-state index in [0.29, 0.717) is 11.6 Å². The SMILES string of the molecule is Cc1coc(CC(=O)O)c1C(=O)N(C1CCC(C)CC1)C1CC1. The Balaban J connectivity index is 1.84. The highest BCUT2D eigenvalue weighted by Crippen LogP contribution is 2.37. The molecule has 1 aromatic rings. The summed E-state index contributed by atoms with van der Waals surface area (Å²) in [6.45, 7) is 4.08. The lowest BCUT2D eigenvalue weighted by Crippen LogP contribution is -2.44. The summed E-state index contributed by atoms with van der Waals surface area (Å²) in [5, 5.41) is 9.04. The number of carbonyl (C=O) groups excluding carboxylic acids is 1. The molecule has 0 spiro atoms. The van der Waals surface area contributed by atoms with Crippen LogP contribution in [0.25, 0.3) is 0 Å². The number of hydrogen-bond acceptors (Lipinski definition) is 3. The van der Waals surface area contributed by atoms with Crippen LogP contribution in [-0.4, -0.2) is 34.0 Å². The van der Waals surface area contributed by atoms with Crippen LogP contribution < -0.4 is 0 Å². The number of rotatable bonds is 5. The maximum atomic E-state index is 13.2. The maximum absolute atomic E-state index is 13.2. The summed E-state index contributed by atoms with van der Waals surface area (Å²) in [6, 6.07) is 0.617. The molecule has 3 rings (SSSR count). The summed E-state index contributed by atoms with van der Waals surface area (Å²) in [7, 11) is 0. The lowest BCUT2D eigenvalue weighted by atomic mass is 9.86. The van der Waals surface area contributed by atoms with Crippen LogP contribution in [0.4, 0.5) is 0 Å². The Bertz CT molecular complexity index is 594. The molecule has 0 saturated heterocycles. The van der Waals surface area contributed by atoms with Crippen molar-refractivity contribution in [2.45, 2.75) is 70.9 Å². The third-order valence-corrected chi connectivity index (χ3v) is 5.13. The van der Waals surface area contributed by atoms with Gasteiger partial charge in [0.2, 0.25) is 0 Å². The number of aliphatic carboxylic acids is 1. The highest BCUT2D eigenvalue weighted by atomic mass is 16.4. The highest BCUT2D eigenvalue weighted by Gasteiger charge is 2.40. The molecule has 1 N–H and O–H groups in total. The van der Waals surface area contributed by atoms with Crippen LogP contribution in [0.1, 0.15) is 67.1 Å². The van der Waals surface area contributed by atoms with Gasteiger partial charge in [0.1, 0.15) is 12.2 Å². The second-order valence-electron chi connectivity index (χ2n) is 7.14. The predicted molar refractivity (Wildman–Crippen MR) is 85.4 cm³/mol. The Morgan fingerprint density at radius 1 is 1.17 bits per heavy atom. The van der Waals surface area contributed by atoms with Gasteiger partial charge in [-0.2, -0.15) is 0 Å². The molecule has 2 aliphatic carbocycles. The van der Waals surface area contributed by atoms with Gasteiger partial charge in [-0.15, -0.1) is 0 Å². The Morgan fingerprint density at radius 3 is 2.26 bits per heavy atom. The molecule has 0 aromatic carbocycles. The van der Waals surface area contributed by atoms with Gasteiger partial charge in [0, 0.05) is 17.6 Å². The van der Waals surface area contributed by atoms with Gasteiger partial charge in [-0.3, -0.25) is 9.59 Å². The Morgan fingerprint density at radius 2 is 1.74 bits per heavy atom. The Labute approximate surface area is 136 Å². The molecule has 0 unspecified atom stereocenters. The zero-order valence-corrected chi connectivity index (χ0v) is 13.9. The lowest BCUT2D eigenvalue weighted by Gasteiger charge is -2.36. The zero-order valence-electron chi connectivity index (χ0n) is 13.9. The molecule has 5 heteroatoms. The number of nitrogens with zero attached hydrogens (tertiary/aromatic N) is 1. The van der Waals surface area contributed by atoms with Crippen molar-refractivity contribution >= 4 is 11.9 Å². The van der Waals surface area contributed by atoms with Crippen LogP contribution in [0.3, 0.4) is 0 Å². The van der Waals surface area contributed by atoms with Crippen molar-refractivity contribution in [3.8, 4) is 0 Å². The fourth-order valence-corrected chi connectivity index (χ4v) is 3.68. The molecule has 5 nitrogen and oxygen atoms in total. The van der Waals surface area contributed by atoms with E-state index in [9.17, 15) is 9.59 Å². The summed E-state index contributed by atoms with van der Waals surface area (Å²) in [5.74, 6) is 0.0166. The fourth-order valence-electron chi connectivity index (χ4n) is 3.68. The molecule has 2 fully saturated rings. The molecule has 1 aromatic heterocycles. The first-order chi connectivity index (χ1) is 11.0. The van der Waals surface area contributed by atoms with Crippen molar-refractivity contribution in [2.75, 3.05) is 0 Å². The highest BCUT2D eigenvalue weighted by molar-refractivity contribution is 5.98. The van der Waals surface area contributed by atoms with E-state index in [4.69, 9.17) is 9.52 Å². The summed E-state index contributed by atoms with van der Waals surface area (Å²) < 4.78 is 5.35. The largest absolute Gasteiger partial charge is 0.481 e. The summed E-state index contributed by atoms with van der Waals surface area (Å²) in [4.78, 5) is 26.2. The van der Waals surface area contributed by atoms with Gasteiger partial charge in [0.15, 0.2) is 0 Å². The molecule has 23 heavy (non-hydrogen) atoms. The van der Waals surface area contributed by atoms with Gasteiger partial charge in [-0.05, 0) is 51.4 Å². The minimum absolute atomic E-state index is 0.0328. The van der Waals surface area contributed by atoms with Crippen LogP contribution in [-0.2, 0) is 11.2 Å². The van der Waals surface area contributed by atoms with Gasteiger partial charge < -0.3 is 14.4 Å². The minimum atomic E-state index is -0.974. The normalized spacial score (nSPS) is 24.4.